The summed E-state index contributed by atoms with van der Waals surface area (Å²) < 4.78 is 24.5. The number of methoxy groups -OCH3 is 1. The smallest absolute Gasteiger partial charge is 0.338 e. The van der Waals surface area contributed by atoms with Crippen LogP contribution >= 0.6 is 23.8 Å². The number of thiocarbonyl (C=S) groups is 1. The van der Waals surface area contributed by atoms with E-state index in [9.17, 15) is 19.1 Å². The molecular weight excluding hydrogens is 587 g/mol. The van der Waals surface area contributed by atoms with Crippen molar-refractivity contribution in [1.82, 2.24) is 25.0 Å². The van der Waals surface area contributed by atoms with Crippen molar-refractivity contribution in [1.29, 1.82) is 0 Å². The van der Waals surface area contributed by atoms with Crippen LogP contribution in [0.1, 0.15) is 36.9 Å². The SMILES string of the molecule is COC(=O)C1=C(CN2CCN3C(=S)N(CC(C)(C)C(=O)O)C[C@@H]3C2)NC(c2ncoc2C)=N[C@H]1c1ccc(F)cc1Cl. The van der Waals surface area contributed by atoms with Gasteiger partial charge in [0.1, 0.15) is 23.3 Å². The minimum atomic E-state index is -0.948. The maximum absolute atomic E-state index is 14.0. The molecule has 5 rings (SSSR count). The number of halogens is 2. The molecule has 3 aliphatic rings. The van der Waals surface area contributed by atoms with Gasteiger partial charge in [0.15, 0.2) is 17.3 Å². The number of rotatable bonds is 8. The van der Waals surface area contributed by atoms with Crippen LogP contribution in [0.2, 0.25) is 5.02 Å². The van der Waals surface area contributed by atoms with E-state index in [1.54, 1.807) is 20.8 Å². The van der Waals surface area contributed by atoms with Crippen LogP contribution in [0.15, 0.2) is 45.3 Å². The molecule has 0 saturated carbocycles. The molecule has 42 heavy (non-hydrogen) atoms. The van der Waals surface area contributed by atoms with Crippen molar-refractivity contribution in [3.05, 3.63) is 63.7 Å². The first-order chi connectivity index (χ1) is 19.9. The zero-order chi connectivity index (χ0) is 30.3. The fourth-order valence-corrected chi connectivity index (χ4v) is 6.21. The Kier molecular flexibility index (Phi) is 8.28. The van der Waals surface area contributed by atoms with Crippen molar-refractivity contribution < 1.29 is 28.2 Å². The van der Waals surface area contributed by atoms with E-state index in [1.807, 2.05) is 4.90 Å². The van der Waals surface area contributed by atoms with E-state index in [0.717, 1.165) is 0 Å². The second-order valence-electron chi connectivity index (χ2n) is 11.2. The largest absolute Gasteiger partial charge is 0.481 e. The molecular formula is C28H32ClFN6O5S. The topological polar surface area (TPSA) is 124 Å². The lowest BCUT2D eigenvalue weighted by molar-refractivity contribution is -0.147. The second-order valence-corrected chi connectivity index (χ2v) is 12.0. The van der Waals surface area contributed by atoms with E-state index in [1.165, 1.54) is 31.7 Å². The highest BCUT2D eigenvalue weighted by Crippen LogP contribution is 2.37. The van der Waals surface area contributed by atoms with Gasteiger partial charge in [-0.1, -0.05) is 17.7 Å². The lowest BCUT2D eigenvalue weighted by Crippen LogP contribution is -2.53. The van der Waals surface area contributed by atoms with Crippen LogP contribution < -0.4 is 5.32 Å². The van der Waals surface area contributed by atoms with E-state index in [-0.39, 0.29) is 16.6 Å². The van der Waals surface area contributed by atoms with Gasteiger partial charge in [-0.2, -0.15) is 0 Å². The predicted octanol–water partition coefficient (Wildman–Crippen LogP) is 2.99. The number of hydrogen-bond acceptors (Lipinski definition) is 9. The van der Waals surface area contributed by atoms with Gasteiger partial charge in [0.2, 0.25) is 0 Å². The van der Waals surface area contributed by atoms with Crippen LogP contribution in [-0.4, -0.2) is 100 Å². The van der Waals surface area contributed by atoms with E-state index in [4.69, 9.17) is 38.0 Å². The van der Waals surface area contributed by atoms with Gasteiger partial charge in [-0.25, -0.2) is 14.2 Å². The Morgan fingerprint density at radius 2 is 2.07 bits per heavy atom. The Morgan fingerprint density at radius 3 is 2.71 bits per heavy atom. The molecule has 224 valence electrons. The van der Waals surface area contributed by atoms with Crippen LogP contribution in [0.25, 0.3) is 0 Å². The molecule has 0 spiro atoms. The number of hydrogen-bond donors (Lipinski definition) is 2. The monoisotopic (exact) mass is 618 g/mol. The molecule has 0 amide bonds. The van der Waals surface area contributed by atoms with Gasteiger partial charge in [0, 0.05) is 55.6 Å². The summed E-state index contributed by atoms with van der Waals surface area (Å²) in [4.78, 5) is 40.4. The number of benzene rings is 1. The highest BCUT2D eigenvalue weighted by atomic mass is 35.5. The van der Waals surface area contributed by atoms with Crippen LogP contribution in [-0.2, 0) is 14.3 Å². The Balaban J connectivity index is 1.45. The number of aliphatic carboxylic acids is 1. The van der Waals surface area contributed by atoms with Crippen LogP contribution in [0, 0.1) is 18.2 Å². The summed E-state index contributed by atoms with van der Waals surface area (Å²) in [6.07, 6.45) is 1.31. The molecule has 0 unspecified atom stereocenters. The summed E-state index contributed by atoms with van der Waals surface area (Å²) in [5, 5.41) is 13.7. The quantitative estimate of drug-likeness (QED) is 0.335. The average Bonchev–Trinajstić information content (AvgIpc) is 3.49. The van der Waals surface area contributed by atoms with Gasteiger partial charge in [-0.3, -0.25) is 14.7 Å². The number of carbonyl (C=O) groups excluding carboxylic acids is 1. The van der Waals surface area contributed by atoms with E-state index in [2.05, 4.69) is 20.1 Å². The third-order valence-electron chi connectivity index (χ3n) is 7.82. The van der Waals surface area contributed by atoms with Gasteiger partial charge in [0.25, 0.3) is 0 Å². The summed E-state index contributed by atoms with van der Waals surface area (Å²) in [6.45, 7) is 8.30. The Labute approximate surface area is 253 Å². The number of ether oxygens (including phenoxy) is 1. The average molecular weight is 619 g/mol. The van der Waals surface area contributed by atoms with Gasteiger partial charge >= 0.3 is 11.9 Å². The predicted molar refractivity (Wildman–Crippen MR) is 157 cm³/mol. The summed E-state index contributed by atoms with van der Waals surface area (Å²) in [6, 6.07) is 3.13. The molecule has 1 aromatic carbocycles. The van der Waals surface area contributed by atoms with Crippen molar-refractivity contribution in [2.45, 2.75) is 32.9 Å². The summed E-state index contributed by atoms with van der Waals surface area (Å²) in [7, 11) is 1.29. The number of aromatic nitrogens is 1. The number of nitrogens with one attached hydrogen (secondary N) is 1. The molecule has 2 fully saturated rings. The fraction of sp³-hybridized carbons (Fsp3) is 0.464. The highest BCUT2D eigenvalue weighted by Gasteiger charge is 2.42. The first kappa shape index (κ1) is 29.9. The Morgan fingerprint density at radius 1 is 1.31 bits per heavy atom. The molecule has 2 aromatic rings. The normalized spacial score (nSPS) is 21.3. The fourth-order valence-electron chi connectivity index (χ4n) is 5.56. The van der Waals surface area contributed by atoms with E-state index in [0.29, 0.717) is 72.9 Å². The van der Waals surface area contributed by atoms with Gasteiger partial charge < -0.3 is 29.4 Å². The molecule has 3 aliphatic heterocycles. The first-order valence-corrected chi connectivity index (χ1v) is 14.2. The Bertz CT molecular complexity index is 1490. The minimum Gasteiger partial charge on any atom is -0.481 e. The summed E-state index contributed by atoms with van der Waals surface area (Å²) in [5.41, 5.74) is 0.777. The number of nitrogens with zero attached hydrogens (tertiary/aromatic N) is 5. The number of oxazole rings is 1. The maximum Gasteiger partial charge on any atom is 0.338 e. The summed E-state index contributed by atoms with van der Waals surface area (Å²) >= 11 is 12.2. The van der Waals surface area contributed by atoms with Crippen molar-refractivity contribution in [2.75, 3.05) is 46.4 Å². The number of carboxylic acid groups (broad SMARTS) is 1. The molecule has 2 atom stereocenters. The summed E-state index contributed by atoms with van der Waals surface area (Å²) in [5.74, 6) is -1.06. The molecule has 0 radical (unpaired) electrons. The Hall–Kier alpha value is -3.55. The number of carbonyl (C=O) groups is 2. The lowest BCUT2D eigenvalue weighted by atomic mass is 9.93. The zero-order valence-corrected chi connectivity index (χ0v) is 25.3. The number of aryl methyl sites for hydroxylation is 1. The van der Waals surface area contributed by atoms with Crippen molar-refractivity contribution in [3.63, 3.8) is 0 Å². The van der Waals surface area contributed by atoms with Crippen molar-refractivity contribution >= 4 is 46.7 Å². The number of esters is 1. The minimum absolute atomic E-state index is 0.0508. The molecule has 2 N–H and O–H groups in total. The highest BCUT2D eigenvalue weighted by molar-refractivity contribution is 7.80. The molecule has 11 nitrogen and oxygen atoms in total. The number of fused-ring (bicyclic) bond motifs is 1. The van der Waals surface area contributed by atoms with Crippen LogP contribution in [0.4, 0.5) is 4.39 Å². The molecule has 0 aliphatic carbocycles. The number of piperazine rings is 1. The molecule has 1 aromatic heterocycles. The number of carboxylic acids is 1. The first-order valence-electron chi connectivity index (χ1n) is 13.4. The lowest BCUT2D eigenvalue weighted by Gasteiger charge is -2.38. The van der Waals surface area contributed by atoms with Crippen molar-refractivity contribution in [3.8, 4) is 0 Å². The van der Waals surface area contributed by atoms with Gasteiger partial charge in [-0.05, 0) is 45.1 Å². The van der Waals surface area contributed by atoms with Crippen molar-refractivity contribution in [2.24, 2.45) is 10.4 Å². The van der Waals surface area contributed by atoms with Crippen LogP contribution in [0.5, 0.6) is 0 Å². The third kappa shape index (κ3) is 5.72. The molecule has 14 heteroatoms. The molecule has 2 saturated heterocycles. The standard InChI is InChI=1S/C28H32ClFN6O5S/c1-15-22(31-14-41-15)24-32-20(21(25(37)40-4)23(33-24)18-6-5-16(30)9-19(18)29)12-34-7-8-36-17(10-34)11-35(27(36)42)13-28(2,3)26(38)39/h5-6,9,14,17,23H,7-8,10-13H2,1-4H3,(H,32,33)(H,38,39)/t17-,23-/m0/s1. The molecule has 0 bridgehead atoms. The van der Waals surface area contributed by atoms with E-state index >= 15 is 0 Å². The van der Waals surface area contributed by atoms with Gasteiger partial charge in [-0.15, -0.1) is 0 Å². The second kappa shape index (κ2) is 11.6. The molecule has 4 heterocycles. The van der Waals surface area contributed by atoms with Gasteiger partial charge in [0.05, 0.1) is 24.1 Å². The zero-order valence-electron chi connectivity index (χ0n) is 23.7. The number of aliphatic imine (C=N–C) groups is 1. The third-order valence-corrected chi connectivity index (χ3v) is 8.64. The van der Waals surface area contributed by atoms with Crippen LogP contribution in [0.3, 0.4) is 0 Å². The number of amidine groups is 1. The maximum atomic E-state index is 14.0. The van der Waals surface area contributed by atoms with E-state index < -0.39 is 29.2 Å².